The largest absolute Gasteiger partial charge is 0.756 e. The van der Waals surface area contributed by atoms with Gasteiger partial charge in [0.2, 0.25) is 0 Å². The van der Waals surface area contributed by atoms with Crippen LogP contribution in [0.5, 0.6) is 0 Å². The molecule has 0 heterocycles. The fourth-order valence-electron chi connectivity index (χ4n) is 5.22. The number of esters is 2. The molecule has 2 unspecified atom stereocenters. The third-order valence-corrected chi connectivity index (χ3v) is 9.20. The van der Waals surface area contributed by atoms with Gasteiger partial charge in [-0.25, -0.2) is 0 Å². The van der Waals surface area contributed by atoms with E-state index in [-0.39, 0.29) is 32.6 Å². The normalized spacial score (nSPS) is 13.9. The summed E-state index contributed by atoms with van der Waals surface area (Å²) in [6, 6.07) is 0. The second kappa shape index (κ2) is 37.7. The van der Waals surface area contributed by atoms with Crippen LogP contribution >= 0.6 is 7.82 Å². The predicted octanol–water partition coefficient (Wildman–Crippen LogP) is 9.81. The van der Waals surface area contributed by atoms with Gasteiger partial charge in [0, 0.05) is 12.8 Å². The highest BCUT2D eigenvalue weighted by Gasteiger charge is 2.21. The summed E-state index contributed by atoms with van der Waals surface area (Å²) in [7, 11) is -4.60. The zero-order valence-corrected chi connectivity index (χ0v) is 33.3. The van der Waals surface area contributed by atoms with Crippen molar-refractivity contribution < 1.29 is 43.3 Å². The van der Waals surface area contributed by atoms with Gasteiger partial charge in [0.25, 0.3) is 7.82 Å². The van der Waals surface area contributed by atoms with Gasteiger partial charge in [-0.3, -0.25) is 14.2 Å². The second-order valence-corrected chi connectivity index (χ2v) is 14.6. The first-order chi connectivity index (χ1) is 24.8. The Morgan fingerprint density at radius 2 is 1.04 bits per heavy atom. The molecule has 0 saturated heterocycles. The molecule has 0 rings (SSSR count). The van der Waals surface area contributed by atoms with Gasteiger partial charge in [0.05, 0.1) is 13.2 Å². The van der Waals surface area contributed by atoms with E-state index < -0.39 is 32.5 Å². The third-order valence-electron chi connectivity index (χ3n) is 8.23. The highest BCUT2D eigenvalue weighted by Crippen LogP contribution is 2.38. The molecular weight excluding hydrogens is 665 g/mol. The summed E-state index contributed by atoms with van der Waals surface area (Å²) in [6.45, 7) is 3.83. The number of hydrogen-bond acceptors (Lipinski definition) is 8. The molecule has 0 fully saturated rings. The first-order valence-electron chi connectivity index (χ1n) is 20.2. The number of ether oxygens (including phenoxy) is 2. The number of carbonyl (C=O) groups is 2. The summed E-state index contributed by atoms with van der Waals surface area (Å²) >= 11 is 0. The summed E-state index contributed by atoms with van der Waals surface area (Å²) in [5.41, 5.74) is 3.54. The Kier molecular flexibility index (Phi) is 36.2. The molecule has 0 aromatic heterocycles. The van der Waals surface area contributed by atoms with Crippen LogP contribution in [-0.2, 0) is 32.7 Å². The Bertz CT molecular complexity index is 981. The molecule has 0 spiro atoms. The van der Waals surface area contributed by atoms with Crippen molar-refractivity contribution in [2.75, 3.05) is 26.4 Å². The molecule has 0 aromatic carbocycles. The van der Waals surface area contributed by atoms with Gasteiger partial charge < -0.3 is 29.1 Å². The van der Waals surface area contributed by atoms with Crippen molar-refractivity contribution in [2.24, 2.45) is 0 Å². The van der Waals surface area contributed by atoms with Gasteiger partial charge in [0.15, 0.2) is 6.10 Å². The fraction of sp³-hybridized carbons (Fsp3) is 0.756. The third kappa shape index (κ3) is 37.5. The number of unbranched alkanes of at least 4 members (excludes halogenated alkanes) is 16. The maximum Gasteiger partial charge on any atom is 0.306 e. The van der Waals surface area contributed by atoms with Crippen LogP contribution in [0.15, 0.2) is 48.6 Å². The van der Waals surface area contributed by atoms with E-state index in [2.05, 4.69) is 62.1 Å². The highest BCUT2D eigenvalue weighted by molar-refractivity contribution is 7.45. The smallest absolute Gasteiger partial charge is 0.306 e. The fourth-order valence-corrected chi connectivity index (χ4v) is 6.00. The van der Waals surface area contributed by atoms with Crippen LogP contribution in [0.4, 0.5) is 0 Å². The van der Waals surface area contributed by atoms with Crippen LogP contribution in [0.2, 0.25) is 0 Å². The van der Waals surface area contributed by atoms with E-state index in [1.165, 1.54) is 89.9 Å². The molecule has 0 amide bonds. The van der Waals surface area contributed by atoms with Crippen LogP contribution in [0, 0.1) is 0 Å². The molecule has 51 heavy (non-hydrogen) atoms. The number of rotatable bonds is 37. The molecular formula is C41H74NO8P. The Balaban J connectivity index is 4.30. The molecule has 0 radical (unpaired) electrons. The number of allylic oxidation sites excluding steroid dienone is 8. The Hall–Kier alpha value is -2.03. The topological polar surface area (TPSA) is 139 Å². The van der Waals surface area contributed by atoms with E-state index >= 15 is 0 Å². The maximum atomic E-state index is 12.5. The molecule has 10 heteroatoms. The molecule has 0 aliphatic carbocycles. The maximum absolute atomic E-state index is 12.5. The lowest BCUT2D eigenvalue weighted by Gasteiger charge is -2.25. The molecule has 3 N–H and O–H groups in total. The summed E-state index contributed by atoms with van der Waals surface area (Å²) in [5.74, 6) is -0.912. The molecule has 0 aliphatic heterocycles. The summed E-state index contributed by atoms with van der Waals surface area (Å²) in [5, 5.41) is 0. The van der Waals surface area contributed by atoms with E-state index in [9.17, 15) is 19.0 Å². The number of phosphoric ester groups is 1. The van der Waals surface area contributed by atoms with Crippen LogP contribution < -0.4 is 10.6 Å². The number of hydrogen-bond donors (Lipinski definition) is 1. The Morgan fingerprint density at radius 3 is 1.57 bits per heavy atom. The highest BCUT2D eigenvalue weighted by atomic mass is 31.2. The minimum absolute atomic E-state index is 0.114. The van der Waals surface area contributed by atoms with Crippen LogP contribution in [0.3, 0.4) is 0 Å². The quantitative estimate of drug-likeness (QED) is 0.0288. The van der Waals surface area contributed by atoms with Gasteiger partial charge in [0.1, 0.15) is 13.2 Å². The zero-order chi connectivity index (χ0) is 37.5. The van der Waals surface area contributed by atoms with Crippen LogP contribution in [-0.4, -0.2) is 44.4 Å². The second-order valence-electron chi connectivity index (χ2n) is 13.2. The van der Waals surface area contributed by atoms with Crippen molar-refractivity contribution in [1.29, 1.82) is 0 Å². The predicted molar refractivity (Wildman–Crippen MR) is 207 cm³/mol. The van der Waals surface area contributed by atoms with Crippen molar-refractivity contribution in [3.8, 4) is 0 Å². The first-order valence-corrected chi connectivity index (χ1v) is 21.6. The molecule has 0 saturated carbocycles. The van der Waals surface area contributed by atoms with Crippen molar-refractivity contribution in [2.45, 2.75) is 174 Å². The zero-order valence-electron chi connectivity index (χ0n) is 32.4. The molecule has 0 aromatic rings. The minimum atomic E-state index is -4.60. The average molecular weight is 740 g/mol. The van der Waals surface area contributed by atoms with Crippen molar-refractivity contribution >= 4 is 19.8 Å². The van der Waals surface area contributed by atoms with Crippen LogP contribution in [0.25, 0.3) is 0 Å². The molecule has 0 bridgehead atoms. The lowest BCUT2D eigenvalue weighted by molar-refractivity contribution is -0.373. The Morgan fingerprint density at radius 1 is 0.588 bits per heavy atom. The van der Waals surface area contributed by atoms with Crippen LogP contribution in [0.1, 0.15) is 168 Å². The molecule has 2 atom stereocenters. The molecule has 296 valence electrons. The van der Waals surface area contributed by atoms with Gasteiger partial charge in [-0.2, -0.15) is 0 Å². The van der Waals surface area contributed by atoms with E-state index in [0.29, 0.717) is 12.8 Å². The van der Waals surface area contributed by atoms with Gasteiger partial charge in [-0.05, 0) is 51.4 Å². The number of quaternary nitrogens is 1. The average Bonchev–Trinajstić information content (AvgIpc) is 3.11. The lowest BCUT2D eigenvalue weighted by atomic mass is 10.0. The van der Waals surface area contributed by atoms with E-state index in [4.69, 9.17) is 18.5 Å². The Labute approximate surface area is 311 Å². The number of carbonyl (C=O) groups excluding carboxylic acids is 2. The molecule has 0 aliphatic rings. The van der Waals surface area contributed by atoms with E-state index in [1.807, 2.05) is 6.08 Å². The minimum Gasteiger partial charge on any atom is -0.756 e. The van der Waals surface area contributed by atoms with Crippen molar-refractivity contribution in [1.82, 2.24) is 0 Å². The van der Waals surface area contributed by atoms with Crippen molar-refractivity contribution in [3.63, 3.8) is 0 Å². The summed E-state index contributed by atoms with van der Waals surface area (Å²) in [6.07, 6.45) is 41.4. The monoisotopic (exact) mass is 740 g/mol. The summed E-state index contributed by atoms with van der Waals surface area (Å²) < 4.78 is 32.4. The standard InChI is InChI=1S/C41H74NO8P/c1-3-5-7-9-11-13-15-17-18-19-20-22-24-26-28-30-32-34-41(44)50-39(38-49-51(45,46)48-36-35-42)37-47-40(43)33-31-29-27-25-23-21-16-14-12-10-8-6-4-2/h11,13,17-18,20,22,26,28,39H,3-10,12,14-16,19,21,23-25,27,29-38,42H2,1-2H3,(H,45,46). The van der Waals surface area contributed by atoms with Gasteiger partial charge in [-0.15, -0.1) is 0 Å². The first kappa shape index (κ1) is 49.0. The van der Waals surface area contributed by atoms with E-state index in [0.717, 1.165) is 38.5 Å². The SMILES string of the molecule is CCCCCC=CCC=CCC=CCC=CCCCC(=O)OC(COC(=O)CCCCCCCCCCCCCCC)COP(=O)([O-])OCC[NH3+]. The lowest BCUT2D eigenvalue weighted by Crippen LogP contribution is -2.52. The van der Waals surface area contributed by atoms with E-state index in [1.54, 1.807) is 0 Å². The summed E-state index contributed by atoms with van der Waals surface area (Å²) in [4.78, 5) is 36.9. The molecule has 9 nitrogen and oxygen atoms in total. The van der Waals surface area contributed by atoms with Crippen molar-refractivity contribution in [3.05, 3.63) is 48.6 Å². The van der Waals surface area contributed by atoms with Gasteiger partial charge >= 0.3 is 11.9 Å². The van der Waals surface area contributed by atoms with Gasteiger partial charge in [-0.1, -0.05) is 152 Å². The number of phosphoric acid groups is 1.